The van der Waals surface area contributed by atoms with Crippen LogP contribution in [0.2, 0.25) is 0 Å². The molecule has 14 heavy (non-hydrogen) atoms. The largest absolute Gasteiger partial charge is 0.475 e. The topological polar surface area (TPSA) is 54.6 Å². The molecule has 2 aromatic rings. The van der Waals surface area contributed by atoms with Gasteiger partial charge in [-0.15, -0.1) is 0 Å². The van der Waals surface area contributed by atoms with Gasteiger partial charge in [0.05, 0.1) is 11.2 Å². The Morgan fingerprint density at radius 2 is 2.14 bits per heavy atom. The smallest absolute Gasteiger partial charge is 0.372 e. The quantitative estimate of drug-likeness (QED) is 0.743. The monoisotopic (exact) mass is 190 g/mol. The standard InChI is InChI=1S/C10H10N2O2/c1-6-3-4-8-7(2)11-9(10(13)14)12(8)5-6/h3-5H,1-2H3,(H,13,14). The van der Waals surface area contributed by atoms with E-state index in [1.165, 1.54) is 0 Å². The van der Waals surface area contributed by atoms with Gasteiger partial charge in [-0.2, -0.15) is 0 Å². The molecule has 0 saturated carbocycles. The molecule has 0 aliphatic heterocycles. The number of aryl methyl sites for hydroxylation is 2. The Hall–Kier alpha value is -1.84. The molecule has 4 heteroatoms. The van der Waals surface area contributed by atoms with Gasteiger partial charge in [0.2, 0.25) is 5.82 Å². The van der Waals surface area contributed by atoms with Gasteiger partial charge < -0.3 is 5.11 Å². The Bertz CT molecular complexity index is 514. The van der Waals surface area contributed by atoms with Crippen LogP contribution >= 0.6 is 0 Å². The molecule has 0 fully saturated rings. The zero-order valence-electron chi connectivity index (χ0n) is 7.98. The van der Waals surface area contributed by atoms with Gasteiger partial charge >= 0.3 is 5.97 Å². The average molecular weight is 190 g/mol. The zero-order valence-corrected chi connectivity index (χ0v) is 7.98. The second-order valence-corrected chi connectivity index (χ2v) is 3.29. The number of imidazole rings is 1. The van der Waals surface area contributed by atoms with Crippen LogP contribution in [-0.2, 0) is 0 Å². The molecule has 0 atom stereocenters. The fourth-order valence-corrected chi connectivity index (χ4v) is 1.50. The lowest BCUT2D eigenvalue weighted by molar-refractivity contribution is 0.0682. The van der Waals surface area contributed by atoms with Crippen molar-refractivity contribution in [1.29, 1.82) is 0 Å². The Labute approximate surface area is 80.8 Å². The molecule has 4 nitrogen and oxygen atoms in total. The molecule has 1 N–H and O–H groups in total. The summed E-state index contributed by atoms with van der Waals surface area (Å²) in [7, 11) is 0. The van der Waals surface area contributed by atoms with E-state index in [1.54, 1.807) is 17.5 Å². The van der Waals surface area contributed by atoms with Gasteiger partial charge in [0.15, 0.2) is 0 Å². The first-order valence-electron chi connectivity index (χ1n) is 4.28. The van der Waals surface area contributed by atoms with Crippen molar-refractivity contribution in [1.82, 2.24) is 9.38 Å². The van der Waals surface area contributed by atoms with Gasteiger partial charge in [-0.25, -0.2) is 9.78 Å². The SMILES string of the molecule is Cc1ccc2c(C)nc(C(=O)O)n2c1. The van der Waals surface area contributed by atoms with Crippen LogP contribution in [0.15, 0.2) is 18.3 Å². The van der Waals surface area contributed by atoms with Gasteiger partial charge in [-0.05, 0) is 25.5 Å². The highest BCUT2D eigenvalue weighted by atomic mass is 16.4. The first-order chi connectivity index (χ1) is 6.59. The maximum Gasteiger partial charge on any atom is 0.372 e. The van der Waals surface area contributed by atoms with Crippen molar-refractivity contribution in [3.63, 3.8) is 0 Å². The van der Waals surface area contributed by atoms with Gasteiger partial charge in [0, 0.05) is 6.20 Å². The molecule has 0 aliphatic carbocycles. The summed E-state index contributed by atoms with van der Waals surface area (Å²) in [6.45, 7) is 3.72. The predicted octanol–water partition coefficient (Wildman–Crippen LogP) is 1.65. The van der Waals surface area contributed by atoms with Crippen molar-refractivity contribution < 1.29 is 9.90 Å². The van der Waals surface area contributed by atoms with Crippen molar-refractivity contribution in [2.45, 2.75) is 13.8 Å². The van der Waals surface area contributed by atoms with Crippen LogP contribution in [-0.4, -0.2) is 20.5 Å². The van der Waals surface area contributed by atoms with E-state index in [1.807, 2.05) is 19.1 Å². The third-order valence-corrected chi connectivity index (χ3v) is 2.16. The van der Waals surface area contributed by atoms with Crippen molar-refractivity contribution >= 4 is 11.5 Å². The summed E-state index contributed by atoms with van der Waals surface area (Å²) >= 11 is 0. The number of carbonyl (C=O) groups is 1. The number of carboxylic acid groups (broad SMARTS) is 1. The molecule has 0 saturated heterocycles. The molecule has 2 rings (SSSR count). The van der Waals surface area contributed by atoms with Crippen LogP contribution in [0.25, 0.3) is 5.52 Å². The Kier molecular flexibility index (Phi) is 1.77. The van der Waals surface area contributed by atoms with E-state index < -0.39 is 5.97 Å². The van der Waals surface area contributed by atoms with Crippen LogP contribution in [0, 0.1) is 13.8 Å². The van der Waals surface area contributed by atoms with Gasteiger partial charge in [-0.3, -0.25) is 4.40 Å². The van der Waals surface area contributed by atoms with Crippen LogP contribution < -0.4 is 0 Å². The number of hydrogen-bond donors (Lipinski definition) is 1. The van der Waals surface area contributed by atoms with Crippen LogP contribution in [0.5, 0.6) is 0 Å². The van der Waals surface area contributed by atoms with E-state index >= 15 is 0 Å². The second-order valence-electron chi connectivity index (χ2n) is 3.29. The lowest BCUT2D eigenvalue weighted by atomic mass is 10.3. The van der Waals surface area contributed by atoms with Crippen molar-refractivity contribution in [2.75, 3.05) is 0 Å². The number of rotatable bonds is 1. The van der Waals surface area contributed by atoms with E-state index in [2.05, 4.69) is 4.98 Å². The summed E-state index contributed by atoms with van der Waals surface area (Å²) in [5.41, 5.74) is 2.59. The van der Waals surface area contributed by atoms with Crippen LogP contribution in [0.4, 0.5) is 0 Å². The number of hydrogen-bond acceptors (Lipinski definition) is 2. The fourth-order valence-electron chi connectivity index (χ4n) is 1.50. The highest BCUT2D eigenvalue weighted by Gasteiger charge is 2.13. The minimum absolute atomic E-state index is 0.0706. The first-order valence-corrected chi connectivity index (χ1v) is 4.28. The van der Waals surface area contributed by atoms with Crippen molar-refractivity contribution in [3.05, 3.63) is 35.4 Å². The van der Waals surface area contributed by atoms with Crippen molar-refractivity contribution in [2.24, 2.45) is 0 Å². The molecule has 0 unspecified atom stereocenters. The summed E-state index contributed by atoms with van der Waals surface area (Å²) in [4.78, 5) is 14.9. The van der Waals surface area contributed by atoms with E-state index in [0.29, 0.717) is 0 Å². The Morgan fingerprint density at radius 3 is 2.79 bits per heavy atom. The molecule has 2 aromatic heterocycles. The summed E-state index contributed by atoms with van der Waals surface area (Å²) in [6, 6.07) is 3.82. The summed E-state index contributed by atoms with van der Waals surface area (Å²) < 4.78 is 1.60. The second kappa shape index (κ2) is 2.83. The van der Waals surface area contributed by atoms with Crippen LogP contribution in [0.3, 0.4) is 0 Å². The summed E-state index contributed by atoms with van der Waals surface area (Å²) in [6.07, 6.45) is 1.78. The Morgan fingerprint density at radius 1 is 1.43 bits per heavy atom. The predicted molar refractivity (Wildman–Crippen MR) is 51.6 cm³/mol. The molecule has 0 amide bonds. The number of nitrogens with zero attached hydrogens (tertiary/aromatic N) is 2. The lowest BCUT2D eigenvalue weighted by Gasteiger charge is -1.98. The van der Waals surface area contributed by atoms with Gasteiger partial charge in [0.1, 0.15) is 0 Å². The molecule has 72 valence electrons. The number of fused-ring (bicyclic) bond motifs is 1. The Balaban J connectivity index is 2.85. The maximum atomic E-state index is 10.9. The first kappa shape index (κ1) is 8.74. The highest BCUT2D eigenvalue weighted by Crippen LogP contribution is 2.13. The summed E-state index contributed by atoms with van der Waals surface area (Å²) in [5.74, 6) is -0.931. The molecule has 0 bridgehead atoms. The third kappa shape index (κ3) is 1.16. The number of pyridine rings is 1. The van der Waals surface area contributed by atoms with Crippen LogP contribution in [0.1, 0.15) is 21.9 Å². The molecule has 0 radical (unpaired) electrons. The van der Waals surface area contributed by atoms with Gasteiger partial charge in [-0.1, -0.05) is 6.07 Å². The number of aromatic nitrogens is 2. The molecule has 0 aromatic carbocycles. The number of carboxylic acids is 1. The minimum Gasteiger partial charge on any atom is -0.475 e. The maximum absolute atomic E-state index is 10.9. The molecular weight excluding hydrogens is 180 g/mol. The lowest BCUT2D eigenvalue weighted by Crippen LogP contribution is -2.03. The van der Waals surface area contributed by atoms with E-state index in [9.17, 15) is 4.79 Å². The zero-order chi connectivity index (χ0) is 10.3. The molecular formula is C10H10N2O2. The molecule has 0 aliphatic rings. The fraction of sp³-hybridized carbons (Fsp3) is 0.200. The molecule has 0 spiro atoms. The average Bonchev–Trinajstić information content (AvgIpc) is 2.43. The normalized spacial score (nSPS) is 10.7. The summed E-state index contributed by atoms with van der Waals surface area (Å²) in [5, 5.41) is 8.90. The van der Waals surface area contributed by atoms with E-state index in [-0.39, 0.29) is 5.82 Å². The van der Waals surface area contributed by atoms with Gasteiger partial charge in [0.25, 0.3) is 0 Å². The third-order valence-electron chi connectivity index (χ3n) is 2.16. The number of aromatic carboxylic acids is 1. The van der Waals surface area contributed by atoms with Crippen molar-refractivity contribution in [3.8, 4) is 0 Å². The molecule has 2 heterocycles. The highest BCUT2D eigenvalue weighted by molar-refractivity contribution is 5.85. The van der Waals surface area contributed by atoms with E-state index in [4.69, 9.17) is 5.11 Å². The van der Waals surface area contributed by atoms with E-state index in [0.717, 1.165) is 16.8 Å². The minimum atomic E-state index is -1.00.